The summed E-state index contributed by atoms with van der Waals surface area (Å²) in [6.07, 6.45) is 4.97. The number of halogens is 1. The fourth-order valence-electron chi connectivity index (χ4n) is 2.30. The lowest BCUT2D eigenvalue weighted by Crippen LogP contribution is -4.23. The summed E-state index contributed by atoms with van der Waals surface area (Å²) in [4.78, 5) is 13.0. The van der Waals surface area contributed by atoms with Crippen molar-refractivity contribution in [2.75, 3.05) is 7.05 Å². The Labute approximate surface area is 105 Å². The van der Waals surface area contributed by atoms with Crippen molar-refractivity contribution < 1.29 is 43.7 Å². The van der Waals surface area contributed by atoms with Gasteiger partial charge < -0.3 is 5.11 Å². The highest BCUT2D eigenvalue weighted by molar-refractivity contribution is 5.88. The van der Waals surface area contributed by atoms with Gasteiger partial charge in [-0.2, -0.15) is 0 Å². The van der Waals surface area contributed by atoms with Crippen molar-refractivity contribution in [1.29, 1.82) is 0 Å². The number of hydrogen-bond acceptors (Lipinski definition) is 6. The molecule has 0 aromatic rings. The summed E-state index contributed by atoms with van der Waals surface area (Å²) in [6, 6.07) is 0.777. The number of carboxylic acids is 1. The van der Waals surface area contributed by atoms with E-state index in [9.17, 15) is 4.79 Å². The van der Waals surface area contributed by atoms with Gasteiger partial charge in [0.1, 0.15) is 0 Å². The van der Waals surface area contributed by atoms with Gasteiger partial charge in [0, 0.05) is 15.5 Å². The Morgan fingerprint density at radius 2 is 2.00 bits per heavy atom. The largest absolute Gasteiger partial charge is 0.478 e. The first-order valence-electron chi connectivity index (χ1n) is 4.98. The van der Waals surface area contributed by atoms with Gasteiger partial charge in [-0.15, -0.1) is 0 Å². The third-order valence-electron chi connectivity index (χ3n) is 3.06. The van der Waals surface area contributed by atoms with Crippen LogP contribution in [0.3, 0.4) is 0 Å². The first-order chi connectivity index (χ1) is 7.70. The number of rotatable bonds is 1. The van der Waals surface area contributed by atoms with Gasteiger partial charge in [0.2, 0.25) is 0 Å². The highest BCUT2D eigenvalue weighted by Gasteiger charge is 2.37. The maximum absolute atomic E-state index is 10.8. The minimum atomic E-state index is -5.69. The van der Waals surface area contributed by atoms with Crippen LogP contribution in [-0.4, -0.2) is 38.5 Å². The molecule has 2 aliphatic heterocycles. The van der Waals surface area contributed by atoms with Crippen molar-refractivity contribution in [1.82, 2.24) is 4.90 Å². The van der Waals surface area contributed by atoms with Crippen molar-refractivity contribution in [3.8, 4) is 0 Å². The van der Waals surface area contributed by atoms with Gasteiger partial charge in [-0.25, -0.2) is 4.79 Å². The molecule has 0 amide bonds. The number of nitrogens with zero attached hydrogens (tertiary/aromatic N) is 1. The Kier molecular flexibility index (Phi) is 4.86. The molecule has 1 fully saturated rings. The smallest absolute Gasteiger partial charge is 0.368 e. The predicted molar refractivity (Wildman–Crippen MR) is 47.1 cm³/mol. The van der Waals surface area contributed by atoms with Crippen LogP contribution in [0.25, 0.3) is 0 Å². The second-order valence-corrected chi connectivity index (χ2v) is 6.27. The molecule has 0 saturated carbocycles. The zero-order valence-corrected chi connectivity index (χ0v) is 11.4. The van der Waals surface area contributed by atoms with Gasteiger partial charge in [-0.05, 0) is 26.3 Å². The van der Waals surface area contributed by atoms with Crippen LogP contribution in [0, 0.1) is 0 Å². The van der Waals surface area contributed by atoms with Crippen LogP contribution in [0.5, 0.6) is 0 Å². The highest BCUT2D eigenvalue weighted by Crippen LogP contribution is 2.33. The van der Waals surface area contributed by atoms with E-state index in [0.717, 1.165) is 19.3 Å². The zero-order chi connectivity index (χ0) is 13.2. The van der Waals surface area contributed by atoms with Crippen LogP contribution in [-0.2, 0) is 4.79 Å². The van der Waals surface area contributed by atoms with Gasteiger partial charge in [-0.3, -0.25) is 15.2 Å². The molecule has 0 spiro atoms. The molecule has 2 N–H and O–H groups in total. The SMILES string of the molecule is CN1C2CC=C(C(=O)O)C1CC2.[O-][I+3]([O-])([O-])O. The molecular weight excluding hydrogens is 345 g/mol. The monoisotopic (exact) mass is 359 g/mol. The summed E-state index contributed by atoms with van der Waals surface area (Å²) >= 11 is -5.69. The van der Waals surface area contributed by atoms with Gasteiger partial charge in [0.05, 0.1) is 5.57 Å². The Hall–Kier alpha value is -0.260. The minimum Gasteiger partial charge on any atom is -0.478 e. The highest BCUT2D eigenvalue weighted by atomic mass is 127. The number of carbonyl (C=O) groups is 1. The van der Waals surface area contributed by atoms with E-state index in [-0.39, 0.29) is 6.04 Å². The third-order valence-corrected chi connectivity index (χ3v) is 3.06. The van der Waals surface area contributed by atoms with E-state index in [4.69, 9.17) is 18.9 Å². The Morgan fingerprint density at radius 3 is 2.47 bits per heavy atom. The van der Waals surface area contributed by atoms with Crippen LogP contribution >= 0.6 is 0 Å². The molecule has 2 unspecified atom stereocenters. The standard InChI is InChI=1S/C9H13NO2.HIO4/c1-10-6-2-4-7(9(11)12)8(10)5-3-6;2-1(3,4)5/h4,6,8H,2-3,5H2,1H3,(H,11,12);2H. The normalized spacial score (nSPS) is 28.2. The van der Waals surface area contributed by atoms with Crippen molar-refractivity contribution in [3.05, 3.63) is 11.6 Å². The minimum absolute atomic E-state index is 0.182. The van der Waals surface area contributed by atoms with E-state index < -0.39 is 26.1 Å². The number of hydrogen-bond donors (Lipinski definition) is 2. The van der Waals surface area contributed by atoms with Crippen molar-refractivity contribution >= 4 is 5.97 Å². The fraction of sp³-hybridized carbons (Fsp3) is 0.667. The Balaban J connectivity index is 0.000000249. The lowest BCUT2D eigenvalue weighted by Gasteiger charge is -2.29. The molecule has 0 radical (unpaired) electrons. The fourth-order valence-corrected chi connectivity index (χ4v) is 2.30. The number of fused-ring (bicyclic) bond motifs is 2. The molecule has 0 aliphatic carbocycles. The maximum atomic E-state index is 10.8. The molecule has 2 atom stereocenters. The number of carboxylic acid groups (broad SMARTS) is 1. The Morgan fingerprint density at radius 1 is 1.47 bits per heavy atom. The topological polar surface area (TPSA) is 130 Å². The summed E-state index contributed by atoms with van der Waals surface area (Å²) in [6.45, 7) is 0. The second-order valence-electron chi connectivity index (χ2n) is 4.01. The average Bonchev–Trinajstić information content (AvgIpc) is 2.41. The number of likely N-dealkylation sites (N-methyl/N-ethyl adjacent to an activating group) is 1. The van der Waals surface area contributed by atoms with Gasteiger partial charge in [-0.1, -0.05) is 6.08 Å². The van der Waals surface area contributed by atoms with Crippen molar-refractivity contribution in [3.63, 3.8) is 0 Å². The van der Waals surface area contributed by atoms with Crippen LogP contribution < -0.4 is 30.4 Å². The summed E-state index contributed by atoms with van der Waals surface area (Å²) in [5, 5.41) is 8.88. The molecule has 0 aromatic heterocycles. The quantitative estimate of drug-likeness (QED) is 0.446. The molecule has 7 nitrogen and oxygen atoms in total. The molecule has 98 valence electrons. The molecule has 2 bridgehead atoms. The molecular formula is C9H14INO6. The van der Waals surface area contributed by atoms with Crippen molar-refractivity contribution in [2.24, 2.45) is 0 Å². The molecule has 8 heteroatoms. The maximum Gasteiger partial charge on any atom is 0.368 e. The summed E-state index contributed by atoms with van der Waals surface area (Å²) in [5.41, 5.74) is 0.603. The summed E-state index contributed by atoms with van der Waals surface area (Å²) in [5.74, 6) is -0.743. The lowest BCUT2D eigenvalue weighted by atomic mass is 10.0. The van der Waals surface area contributed by atoms with E-state index >= 15 is 0 Å². The van der Waals surface area contributed by atoms with E-state index in [1.165, 1.54) is 0 Å². The van der Waals surface area contributed by atoms with Gasteiger partial charge in [0.25, 0.3) is 0 Å². The van der Waals surface area contributed by atoms with Crippen LogP contribution in [0.2, 0.25) is 0 Å². The van der Waals surface area contributed by atoms with E-state index in [0.29, 0.717) is 11.6 Å². The lowest BCUT2D eigenvalue weighted by molar-refractivity contribution is -1.92. The molecule has 2 heterocycles. The van der Waals surface area contributed by atoms with Gasteiger partial charge >= 0.3 is 26.1 Å². The van der Waals surface area contributed by atoms with Crippen LogP contribution in [0.4, 0.5) is 0 Å². The molecule has 0 aromatic carbocycles. The summed E-state index contributed by atoms with van der Waals surface area (Å²) < 4.78 is 33.2. The second kappa shape index (κ2) is 5.59. The zero-order valence-electron chi connectivity index (χ0n) is 9.21. The number of aliphatic carboxylic acids is 1. The van der Waals surface area contributed by atoms with Crippen molar-refractivity contribution in [2.45, 2.75) is 31.3 Å². The van der Waals surface area contributed by atoms with Crippen LogP contribution in [0.15, 0.2) is 11.6 Å². The van der Waals surface area contributed by atoms with Crippen LogP contribution in [0.1, 0.15) is 19.3 Å². The molecule has 1 saturated heterocycles. The third kappa shape index (κ3) is 4.48. The molecule has 17 heavy (non-hydrogen) atoms. The van der Waals surface area contributed by atoms with E-state index in [2.05, 4.69) is 4.90 Å². The van der Waals surface area contributed by atoms with E-state index in [1.807, 2.05) is 13.1 Å². The summed E-state index contributed by atoms with van der Waals surface area (Å²) in [7, 11) is 2.03. The molecule has 2 aliphatic rings. The average molecular weight is 359 g/mol. The first-order valence-corrected chi connectivity index (χ1v) is 8.59. The van der Waals surface area contributed by atoms with E-state index in [1.54, 1.807) is 0 Å². The molecule has 2 rings (SSSR count). The predicted octanol–water partition coefficient (Wildman–Crippen LogP) is -6.26. The Bertz CT molecular complexity index is 320. The first kappa shape index (κ1) is 14.8. The van der Waals surface area contributed by atoms with Gasteiger partial charge in [0.15, 0.2) is 0 Å².